The number of halogens is 2. The predicted octanol–water partition coefficient (Wildman–Crippen LogP) is 5.41. The van der Waals surface area contributed by atoms with Gasteiger partial charge in [-0.25, -0.2) is 12.2 Å². The molecule has 4 heteroatoms. The summed E-state index contributed by atoms with van der Waals surface area (Å²) in [6, 6.07) is 0. The number of hydrogen-bond donors (Lipinski definition) is 0. The van der Waals surface area contributed by atoms with Crippen molar-refractivity contribution in [2.75, 3.05) is 14.1 Å². The fourth-order valence-corrected chi connectivity index (χ4v) is 0.340. The summed E-state index contributed by atoms with van der Waals surface area (Å²) in [6.07, 6.45) is 10.0. The van der Waals surface area contributed by atoms with Crippen LogP contribution in [0.5, 0.6) is 0 Å². The van der Waals surface area contributed by atoms with Gasteiger partial charge < -0.3 is 41.9 Å². The normalized spacial score (nSPS) is 6.59. The van der Waals surface area contributed by atoms with Gasteiger partial charge in [0.1, 0.15) is 0 Å². The maximum absolute atomic E-state index is 3.50. The molecule has 0 aromatic rings. The van der Waals surface area contributed by atoms with E-state index in [0.717, 1.165) is 6.42 Å². The molecule has 0 heterocycles. The molecule has 1 nitrogen and oxygen atoms in total. The standard InChI is InChI=1S/C5H5.C2H6N.C2H5.4CH3.2ClH.Ti/c1-2-4-5-3-1;1-3-2;1-2;;;;;;;/h1-3H,4H2;1-2H3;1H2,2H3;4*1H3;2*1H;/q7*-1;;;. The molecule has 0 saturated heterocycles. The molecule has 0 aliphatic heterocycles. The monoisotopic (exact) mass is 318 g/mol. The van der Waals surface area contributed by atoms with E-state index >= 15 is 0 Å². The summed E-state index contributed by atoms with van der Waals surface area (Å²) in [7, 11) is 3.50. The number of rotatable bonds is 0. The van der Waals surface area contributed by atoms with Crippen LogP contribution in [-0.2, 0) is 21.7 Å². The third-order valence-electron chi connectivity index (χ3n) is 0.586. The van der Waals surface area contributed by atoms with Crippen molar-refractivity contribution in [1.29, 1.82) is 0 Å². The molecule has 1 rings (SSSR count). The molecular formula is C13H30Cl2NTi-7. The van der Waals surface area contributed by atoms with Gasteiger partial charge in [-0.15, -0.1) is 31.2 Å². The average Bonchev–Trinajstić information content (AvgIpc) is 2.48. The summed E-state index contributed by atoms with van der Waals surface area (Å²) in [5, 5.41) is 3.50. The smallest absolute Gasteiger partial charge is 0 e. The fourth-order valence-electron chi connectivity index (χ4n) is 0.340. The van der Waals surface area contributed by atoms with Crippen LogP contribution < -0.4 is 0 Å². The molecule has 0 radical (unpaired) electrons. The van der Waals surface area contributed by atoms with Crippen LogP contribution in [0.3, 0.4) is 0 Å². The van der Waals surface area contributed by atoms with Gasteiger partial charge in [0.25, 0.3) is 0 Å². The largest absolute Gasteiger partial charge is 0.668 e. The maximum atomic E-state index is 3.50. The Labute approximate surface area is 140 Å². The summed E-state index contributed by atoms with van der Waals surface area (Å²) in [4.78, 5) is 0. The Morgan fingerprint density at radius 1 is 1.00 bits per heavy atom. The van der Waals surface area contributed by atoms with Crippen LogP contribution in [0.25, 0.3) is 5.32 Å². The topological polar surface area (TPSA) is 14.1 Å². The van der Waals surface area contributed by atoms with E-state index in [4.69, 9.17) is 0 Å². The fraction of sp³-hybridized carbons (Fsp3) is 0.308. The first kappa shape index (κ1) is 65.1. The summed E-state index contributed by atoms with van der Waals surface area (Å²) in [5.74, 6) is 0. The predicted molar refractivity (Wildman–Crippen MR) is 88.0 cm³/mol. The zero-order valence-electron chi connectivity index (χ0n) is 12.4. The molecule has 0 aromatic heterocycles. The molecule has 17 heavy (non-hydrogen) atoms. The molecule has 0 spiro atoms. The Balaban J connectivity index is -0.00000000716. The van der Waals surface area contributed by atoms with Crippen molar-refractivity contribution in [1.82, 2.24) is 0 Å². The molecule has 1 aliphatic carbocycles. The third kappa shape index (κ3) is 110. The van der Waals surface area contributed by atoms with Gasteiger partial charge in [0, 0.05) is 21.7 Å². The first-order valence-corrected chi connectivity index (χ1v) is 3.32. The van der Waals surface area contributed by atoms with Gasteiger partial charge in [0.05, 0.1) is 0 Å². The minimum Gasteiger partial charge on any atom is -0.668 e. The van der Waals surface area contributed by atoms with Crippen molar-refractivity contribution in [3.05, 3.63) is 66.3 Å². The molecule has 0 unspecified atom stereocenters. The summed E-state index contributed by atoms with van der Waals surface area (Å²) < 4.78 is 0. The van der Waals surface area contributed by atoms with Gasteiger partial charge in [0.15, 0.2) is 0 Å². The van der Waals surface area contributed by atoms with E-state index in [9.17, 15) is 0 Å². The minimum atomic E-state index is 0. The molecule has 0 N–H and O–H groups in total. The zero-order chi connectivity index (χ0) is 8.24. The second-order valence-corrected chi connectivity index (χ2v) is 1.45. The molecular weight excluding hydrogens is 289 g/mol. The van der Waals surface area contributed by atoms with E-state index in [2.05, 4.69) is 24.4 Å². The van der Waals surface area contributed by atoms with Crippen molar-refractivity contribution < 1.29 is 21.7 Å². The van der Waals surface area contributed by atoms with Gasteiger partial charge in [-0.05, 0) is 0 Å². The van der Waals surface area contributed by atoms with Crippen molar-refractivity contribution in [3.63, 3.8) is 0 Å². The second-order valence-electron chi connectivity index (χ2n) is 1.45. The van der Waals surface area contributed by atoms with Crippen LogP contribution in [0.15, 0.2) is 18.2 Å². The van der Waals surface area contributed by atoms with Gasteiger partial charge in [-0.2, -0.15) is 27.1 Å². The number of hydrogen-bond acceptors (Lipinski definition) is 0. The molecule has 0 atom stereocenters. The van der Waals surface area contributed by atoms with Crippen LogP contribution in [0.1, 0.15) is 13.3 Å². The Morgan fingerprint density at radius 3 is 1.35 bits per heavy atom. The molecule has 0 fully saturated rings. The van der Waals surface area contributed by atoms with Crippen LogP contribution in [0.2, 0.25) is 0 Å². The van der Waals surface area contributed by atoms with Crippen LogP contribution in [-0.4, -0.2) is 14.1 Å². The third-order valence-corrected chi connectivity index (χ3v) is 0.586. The van der Waals surface area contributed by atoms with Gasteiger partial charge in [0.2, 0.25) is 0 Å². The molecule has 0 aromatic carbocycles. The Bertz CT molecular complexity index is 87.4. The van der Waals surface area contributed by atoms with E-state index in [0.29, 0.717) is 0 Å². The van der Waals surface area contributed by atoms with E-state index in [1.165, 1.54) is 0 Å². The van der Waals surface area contributed by atoms with Crippen molar-refractivity contribution in [2.24, 2.45) is 0 Å². The Hall–Kier alpha value is 0.734. The quantitative estimate of drug-likeness (QED) is 0.419. The van der Waals surface area contributed by atoms with Crippen LogP contribution >= 0.6 is 24.8 Å². The van der Waals surface area contributed by atoms with Crippen LogP contribution in [0.4, 0.5) is 0 Å². The summed E-state index contributed by atoms with van der Waals surface area (Å²) in [5.41, 5.74) is 0. The van der Waals surface area contributed by atoms with Crippen molar-refractivity contribution in [3.8, 4) is 0 Å². The Morgan fingerprint density at radius 2 is 1.29 bits per heavy atom. The average molecular weight is 319 g/mol. The molecule has 112 valence electrons. The first-order chi connectivity index (χ1) is 4.91. The van der Waals surface area contributed by atoms with Crippen LogP contribution in [0, 0.1) is 42.7 Å². The molecule has 0 amide bonds. The van der Waals surface area contributed by atoms with Crippen molar-refractivity contribution in [2.45, 2.75) is 13.3 Å². The first-order valence-electron chi connectivity index (χ1n) is 3.32. The summed E-state index contributed by atoms with van der Waals surface area (Å²) in [6.45, 7) is 5.00. The van der Waals surface area contributed by atoms with Gasteiger partial charge in [-0.1, -0.05) is 0 Å². The van der Waals surface area contributed by atoms with E-state index in [-0.39, 0.29) is 76.2 Å². The zero-order valence-corrected chi connectivity index (χ0v) is 15.6. The van der Waals surface area contributed by atoms with Gasteiger partial charge >= 0.3 is 0 Å². The SMILES string of the molecule is C[N-]C.Cl.Cl.[C-]1=CC=CC1.[CH2-]C.[CH3-].[CH3-].[CH3-].[CH3-].[Ti]. The van der Waals surface area contributed by atoms with E-state index < -0.39 is 0 Å². The van der Waals surface area contributed by atoms with E-state index in [1.54, 1.807) is 21.0 Å². The number of allylic oxidation sites excluding steroid dienone is 4. The maximum Gasteiger partial charge on any atom is 0 e. The minimum absolute atomic E-state index is 0. The number of nitrogens with zero attached hydrogens (tertiary/aromatic N) is 1. The molecule has 1 aliphatic rings. The molecule has 0 bridgehead atoms. The molecule has 0 saturated carbocycles. The van der Waals surface area contributed by atoms with Crippen molar-refractivity contribution >= 4 is 24.8 Å². The summed E-state index contributed by atoms with van der Waals surface area (Å²) >= 11 is 0. The Kier molecular flexibility index (Phi) is 350. The van der Waals surface area contributed by atoms with Gasteiger partial charge in [-0.3, -0.25) is 6.08 Å². The van der Waals surface area contributed by atoms with E-state index in [1.807, 2.05) is 12.2 Å². The second kappa shape index (κ2) is 91.4.